The number of nitrogens with two attached hydrogens (primary N) is 1. The summed E-state index contributed by atoms with van der Waals surface area (Å²) in [6, 6.07) is 0. The smallest absolute Gasteiger partial charge is 0.295 e. The van der Waals surface area contributed by atoms with Crippen molar-refractivity contribution in [1.82, 2.24) is 0 Å². The van der Waals surface area contributed by atoms with Crippen molar-refractivity contribution in [3.8, 4) is 0 Å². The molecule has 4 atom stereocenters. The predicted octanol–water partition coefficient (Wildman–Crippen LogP) is 2.91. The van der Waals surface area contributed by atoms with Crippen LogP contribution in [0.3, 0.4) is 0 Å². The van der Waals surface area contributed by atoms with Crippen LogP contribution in [0.4, 0.5) is 0 Å². The minimum absolute atomic E-state index is 0.104. The van der Waals surface area contributed by atoms with Gasteiger partial charge in [0, 0.05) is 0 Å². The van der Waals surface area contributed by atoms with Crippen LogP contribution in [0.25, 0.3) is 0 Å². The van der Waals surface area contributed by atoms with Crippen molar-refractivity contribution in [3.05, 3.63) is 10.1 Å². The van der Waals surface area contributed by atoms with Crippen molar-refractivity contribution in [2.24, 2.45) is 23.0 Å². The first-order valence-electron chi connectivity index (χ1n) is 7.44. The van der Waals surface area contributed by atoms with Crippen molar-refractivity contribution in [2.45, 2.75) is 64.4 Å². The third-order valence-corrected chi connectivity index (χ3v) is 5.11. The number of rotatable bonds is 5. The summed E-state index contributed by atoms with van der Waals surface area (Å²) in [5.41, 5.74) is 5.28. The molecule has 0 aliphatic heterocycles. The Labute approximate surface area is 115 Å². The molecule has 19 heavy (non-hydrogen) atoms. The van der Waals surface area contributed by atoms with E-state index in [1.54, 1.807) is 0 Å². The molecule has 2 aliphatic carbocycles. The summed E-state index contributed by atoms with van der Waals surface area (Å²) < 4.78 is 0. The largest absolute Gasteiger partial charge is 0.330 e. The second-order valence-electron chi connectivity index (χ2n) is 7.01. The van der Waals surface area contributed by atoms with Crippen LogP contribution >= 0.6 is 0 Å². The first-order chi connectivity index (χ1) is 8.90. The van der Waals surface area contributed by atoms with Crippen LogP contribution in [0.1, 0.15) is 58.8 Å². The highest BCUT2D eigenvalue weighted by atomic mass is 17.0. The van der Waals surface area contributed by atoms with E-state index < -0.39 is 10.7 Å². The third kappa shape index (κ3) is 3.19. The fourth-order valence-electron chi connectivity index (χ4n) is 4.74. The fraction of sp³-hybridized carbons (Fsp3) is 1.00. The molecule has 2 rings (SSSR count). The molecule has 0 saturated heterocycles. The molecular formula is C14H26N2O3. The molecule has 2 N–H and O–H groups in total. The number of hydrogen-bond donors (Lipinski definition) is 1. The zero-order chi connectivity index (χ0) is 14.1. The van der Waals surface area contributed by atoms with Crippen molar-refractivity contribution < 1.29 is 9.92 Å². The fourth-order valence-corrected chi connectivity index (χ4v) is 4.74. The molecule has 2 aliphatic rings. The summed E-state index contributed by atoms with van der Waals surface area (Å²) in [4.78, 5) is 16.1. The van der Waals surface area contributed by atoms with Crippen LogP contribution in [0.5, 0.6) is 0 Å². The van der Waals surface area contributed by atoms with Crippen LogP contribution in [0, 0.1) is 27.4 Å². The van der Waals surface area contributed by atoms with Gasteiger partial charge in [0.25, 0.3) is 5.09 Å². The van der Waals surface area contributed by atoms with E-state index >= 15 is 0 Å². The lowest BCUT2D eigenvalue weighted by atomic mass is 9.56. The molecule has 0 aromatic heterocycles. The molecule has 0 radical (unpaired) electrons. The van der Waals surface area contributed by atoms with Gasteiger partial charge in [0.05, 0.1) is 0 Å². The maximum atomic E-state index is 10.9. The second-order valence-corrected chi connectivity index (χ2v) is 7.01. The second kappa shape index (κ2) is 5.27. The molecule has 0 aromatic carbocycles. The number of fused-ring (bicyclic) bond motifs is 2. The average molecular weight is 270 g/mol. The van der Waals surface area contributed by atoms with Crippen LogP contribution in [0.2, 0.25) is 0 Å². The minimum atomic E-state index is -0.580. The van der Waals surface area contributed by atoms with E-state index in [-0.39, 0.29) is 5.41 Å². The molecule has 2 bridgehead atoms. The highest BCUT2D eigenvalue weighted by molar-refractivity contribution is 5.01. The molecule has 0 heterocycles. The van der Waals surface area contributed by atoms with Gasteiger partial charge in [-0.3, -0.25) is 0 Å². The van der Waals surface area contributed by atoms with Gasteiger partial charge in [0.2, 0.25) is 0 Å². The first-order valence-corrected chi connectivity index (χ1v) is 7.44. The van der Waals surface area contributed by atoms with Crippen molar-refractivity contribution in [2.75, 3.05) is 6.54 Å². The summed E-state index contributed by atoms with van der Waals surface area (Å²) in [7, 11) is 0. The van der Waals surface area contributed by atoms with E-state index in [2.05, 4.69) is 13.8 Å². The Bertz CT molecular complexity index is 350. The molecular weight excluding hydrogens is 244 g/mol. The summed E-state index contributed by atoms with van der Waals surface area (Å²) >= 11 is 0. The lowest BCUT2D eigenvalue weighted by Crippen LogP contribution is -2.51. The molecule has 0 amide bonds. The first kappa shape index (κ1) is 14.6. The normalized spacial score (nSPS) is 41.8. The van der Waals surface area contributed by atoms with Gasteiger partial charge in [-0.15, -0.1) is 10.1 Å². The highest BCUT2D eigenvalue weighted by Gasteiger charge is 2.52. The Kier molecular flexibility index (Phi) is 4.04. The number of hydrogen-bond acceptors (Lipinski definition) is 4. The molecule has 2 fully saturated rings. The van der Waals surface area contributed by atoms with E-state index in [1.165, 1.54) is 6.42 Å². The monoisotopic (exact) mass is 270 g/mol. The highest BCUT2D eigenvalue weighted by Crippen LogP contribution is 2.55. The Morgan fingerprint density at radius 3 is 2.74 bits per heavy atom. The molecule has 5 heteroatoms. The standard InChI is InChI=1S/C14H26N2O3/c1-3-11-6-12-7-13(2,4-5-15)10-14(8-11,9-12)19-16(17)18/h11-12H,3-10,15H2,1-2H3/t11?,12?,13-,14?/m0/s1. The van der Waals surface area contributed by atoms with Crippen LogP contribution in [-0.2, 0) is 4.84 Å². The molecule has 110 valence electrons. The Morgan fingerprint density at radius 1 is 1.42 bits per heavy atom. The molecule has 5 nitrogen and oxygen atoms in total. The maximum absolute atomic E-state index is 10.9. The minimum Gasteiger partial charge on any atom is -0.330 e. The van der Waals surface area contributed by atoms with Crippen LogP contribution < -0.4 is 5.73 Å². The van der Waals surface area contributed by atoms with E-state index in [9.17, 15) is 10.1 Å². The van der Waals surface area contributed by atoms with Gasteiger partial charge in [-0.05, 0) is 62.3 Å². The lowest BCUT2D eigenvalue weighted by molar-refractivity contribution is -0.784. The van der Waals surface area contributed by atoms with Crippen molar-refractivity contribution >= 4 is 0 Å². The summed E-state index contributed by atoms with van der Waals surface area (Å²) in [6.45, 7) is 5.04. The van der Waals surface area contributed by atoms with Crippen molar-refractivity contribution in [3.63, 3.8) is 0 Å². The Morgan fingerprint density at radius 2 is 2.16 bits per heavy atom. The molecule has 0 spiro atoms. The van der Waals surface area contributed by atoms with Gasteiger partial charge in [-0.1, -0.05) is 20.3 Å². The Hall–Kier alpha value is -0.840. The van der Waals surface area contributed by atoms with Crippen molar-refractivity contribution in [1.29, 1.82) is 0 Å². The Balaban J connectivity index is 2.21. The van der Waals surface area contributed by atoms with Gasteiger partial charge in [0.1, 0.15) is 5.60 Å². The van der Waals surface area contributed by atoms with E-state index in [4.69, 9.17) is 10.6 Å². The van der Waals surface area contributed by atoms with E-state index in [1.807, 2.05) is 0 Å². The third-order valence-electron chi connectivity index (χ3n) is 5.11. The average Bonchev–Trinajstić information content (AvgIpc) is 2.25. The SMILES string of the molecule is CCC1CC2CC(O[N+](=O)[O-])(C1)C[C@@](C)(CCN)C2. The quantitative estimate of drug-likeness (QED) is 0.615. The zero-order valence-corrected chi connectivity index (χ0v) is 12.1. The maximum Gasteiger partial charge on any atom is 0.295 e. The number of nitrogens with zero attached hydrogens (tertiary/aromatic N) is 1. The van der Waals surface area contributed by atoms with Gasteiger partial charge < -0.3 is 10.6 Å². The van der Waals surface area contributed by atoms with Gasteiger partial charge in [-0.2, -0.15) is 0 Å². The van der Waals surface area contributed by atoms with Crippen LogP contribution in [0.15, 0.2) is 0 Å². The topological polar surface area (TPSA) is 78.4 Å². The summed E-state index contributed by atoms with van der Waals surface area (Å²) in [5.74, 6) is 1.13. The lowest BCUT2D eigenvalue weighted by Gasteiger charge is -2.53. The molecule has 0 aromatic rings. The van der Waals surface area contributed by atoms with Gasteiger partial charge in [-0.25, -0.2) is 0 Å². The van der Waals surface area contributed by atoms with Gasteiger partial charge in [0.15, 0.2) is 0 Å². The van der Waals surface area contributed by atoms with E-state index in [0.717, 1.165) is 38.5 Å². The summed E-state index contributed by atoms with van der Waals surface area (Å²) in [5, 5.41) is 10.3. The zero-order valence-electron chi connectivity index (χ0n) is 12.1. The summed E-state index contributed by atoms with van der Waals surface area (Å²) in [6.07, 6.45) is 6.83. The van der Waals surface area contributed by atoms with E-state index in [0.29, 0.717) is 18.4 Å². The molecule has 3 unspecified atom stereocenters. The van der Waals surface area contributed by atoms with Gasteiger partial charge >= 0.3 is 0 Å². The predicted molar refractivity (Wildman–Crippen MR) is 72.9 cm³/mol. The van der Waals surface area contributed by atoms with Crippen LogP contribution in [-0.4, -0.2) is 17.2 Å². The molecule has 2 saturated carbocycles.